The number of benzene rings is 8. The van der Waals surface area contributed by atoms with Gasteiger partial charge < -0.3 is 8.83 Å². The van der Waals surface area contributed by atoms with Crippen molar-refractivity contribution in [1.82, 2.24) is 0 Å². The summed E-state index contributed by atoms with van der Waals surface area (Å²) in [6, 6.07) is 58.5. The van der Waals surface area contributed by atoms with Gasteiger partial charge in [0.1, 0.15) is 22.3 Å². The monoisotopic (exact) mass is 846 g/mol. The van der Waals surface area contributed by atoms with Crippen molar-refractivity contribution in [2.24, 2.45) is 0 Å². The van der Waals surface area contributed by atoms with Crippen molar-refractivity contribution in [2.75, 3.05) is 0 Å². The van der Waals surface area contributed by atoms with Crippen LogP contribution in [0.5, 0.6) is 0 Å². The number of hydrogen-bond donors (Lipinski definition) is 0. The number of hydrogen-bond acceptors (Lipinski definition) is 2. The SMILES string of the molecule is CC1(C)c2ccccc2-c2c1cc(-c1ccccc1)c1c2oc2c(I)cccc21.CC1(C)c2ccccc2-c2c1cc(-c1ccccc1)c1c2oc2ccccc21. The van der Waals surface area contributed by atoms with Crippen molar-refractivity contribution in [2.45, 2.75) is 38.5 Å². The highest BCUT2D eigenvalue weighted by Crippen LogP contribution is 2.56. The molecule has 2 aliphatic rings. The van der Waals surface area contributed by atoms with Gasteiger partial charge in [0.15, 0.2) is 0 Å². The molecule has 0 spiro atoms. The molecular formula is C54H39IO2. The molecule has 0 saturated heterocycles. The molecule has 0 fully saturated rings. The summed E-state index contributed by atoms with van der Waals surface area (Å²) in [6.45, 7) is 9.29. The molecule has 12 rings (SSSR count). The Morgan fingerprint density at radius 3 is 1.42 bits per heavy atom. The van der Waals surface area contributed by atoms with Crippen molar-refractivity contribution >= 4 is 66.5 Å². The molecule has 0 amide bonds. The molecule has 3 heteroatoms. The Morgan fingerprint density at radius 1 is 0.386 bits per heavy atom. The zero-order valence-corrected chi connectivity index (χ0v) is 34.4. The average molecular weight is 847 g/mol. The molecule has 0 aliphatic heterocycles. The summed E-state index contributed by atoms with van der Waals surface area (Å²) in [7, 11) is 0. The highest BCUT2D eigenvalue weighted by Gasteiger charge is 2.40. The van der Waals surface area contributed by atoms with Crippen molar-refractivity contribution in [3.8, 4) is 44.5 Å². The van der Waals surface area contributed by atoms with Crippen molar-refractivity contribution < 1.29 is 8.83 Å². The van der Waals surface area contributed by atoms with Gasteiger partial charge in [-0.05, 0) is 102 Å². The molecule has 8 aromatic carbocycles. The molecule has 10 aromatic rings. The molecule has 274 valence electrons. The molecule has 2 aromatic heterocycles. The summed E-state index contributed by atoms with van der Waals surface area (Å²) >= 11 is 2.38. The maximum atomic E-state index is 6.63. The van der Waals surface area contributed by atoms with Crippen LogP contribution < -0.4 is 0 Å². The lowest BCUT2D eigenvalue weighted by molar-refractivity contribution is 0.652. The zero-order chi connectivity index (χ0) is 38.6. The van der Waals surface area contributed by atoms with E-state index in [0.29, 0.717) is 0 Å². The van der Waals surface area contributed by atoms with E-state index in [4.69, 9.17) is 8.83 Å². The first-order chi connectivity index (χ1) is 27.7. The summed E-state index contributed by atoms with van der Waals surface area (Å²) in [6.07, 6.45) is 0. The van der Waals surface area contributed by atoms with Gasteiger partial charge in [-0.25, -0.2) is 0 Å². The minimum Gasteiger partial charge on any atom is -0.455 e. The topological polar surface area (TPSA) is 26.3 Å². The van der Waals surface area contributed by atoms with Crippen LogP contribution in [0.25, 0.3) is 88.4 Å². The average Bonchev–Trinajstić information content (AvgIpc) is 3.95. The van der Waals surface area contributed by atoms with E-state index < -0.39 is 0 Å². The van der Waals surface area contributed by atoms with Gasteiger partial charge in [0, 0.05) is 43.5 Å². The van der Waals surface area contributed by atoms with Gasteiger partial charge in [-0.1, -0.05) is 167 Å². The van der Waals surface area contributed by atoms with Gasteiger partial charge in [-0.3, -0.25) is 0 Å². The Balaban J connectivity index is 0.000000131. The van der Waals surface area contributed by atoms with Gasteiger partial charge in [-0.15, -0.1) is 0 Å². The van der Waals surface area contributed by atoms with E-state index in [2.05, 4.69) is 208 Å². The lowest BCUT2D eigenvalue weighted by Crippen LogP contribution is -2.15. The summed E-state index contributed by atoms with van der Waals surface area (Å²) in [5.41, 5.74) is 19.3. The first kappa shape index (κ1) is 34.3. The van der Waals surface area contributed by atoms with Crippen LogP contribution in [-0.4, -0.2) is 0 Å². The fourth-order valence-corrected chi connectivity index (χ4v) is 10.4. The van der Waals surface area contributed by atoms with E-state index in [9.17, 15) is 0 Å². The summed E-state index contributed by atoms with van der Waals surface area (Å²) in [5, 5.41) is 4.81. The quantitative estimate of drug-likeness (QED) is 0.162. The van der Waals surface area contributed by atoms with Crippen LogP contribution in [-0.2, 0) is 10.8 Å². The number of para-hydroxylation sites is 2. The van der Waals surface area contributed by atoms with Crippen molar-refractivity contribution in [1.29, 1.82) is 0 Å². The Labute approximate surface area is 345 Å². The van der Waals surface area contributed by atoms with Crippen LogP contribution in [0.2, 0.25) is 0 Å². The van der Waals surface area contributed by atoms with E-state index in [-0.39, 0.29) is 10.8 Å². The fourth-order valence-electron chi connectivity index (χ4n) is 9.83. The predicted octanol–water partition coefficient (Wildman–Crippen LogP) is 15.7. The van der Waals surface area contributed by atoms with Crippen LogP contribution in [0.15, 0.2) is 173 Å². The molecule has 0 bridgehead atoms. The summed E-state index contributed by atoms with van der Waals surface area (Å²) < 4.78 is 14.3. The van der Waals surface area contributed by atoms with Crippen LogP contribution >= 0.6 is 22.6 Å². The summed E-state index contributed by atoms with van der Waals surface area (Å²) in [5.74, 6) is 0. The number of furan rings is 2. The molecule has 0 atom stereocenters. The van der Waals surface area contributed by atoms with Gasteiger partial charge in [0.25, 0.3) is 0 Å². The minimum atomic E-state index is -0.0597. The maximum Gasteiger partial charge on any atom is 0.148 e. The van der Waals surface area contributed by atoms with Gasteiger partial charge in [0.05, 0.1) is 3.57 Å². The van der Waals surface area contributed by atoms with Gasteiger partial charge in [-0.2, -0.15) is 0 Å². The minimum absolute atomic E-state index is 0.0530. The van der Waals surface area contributed by atoms with E-state index in [0.717, 1.165) is 25.9 Å². The van der Waals surface area contributed by atoms with Crippen LogP contribution in [0, 0.1) is 3.57 Å². The Kier molecular flexibility index (Phi) is 7.56. The number of halogens is 1. The molecule has 0 unspecified atom stereocenters. The van der Waals surface area contributed by atoms with Gasteiger partial charge >= 0.3 is 0 Å². The molecule has 2 aliphatic carbocycles. The largest absolute Gasteiger partial charge is 0.455 e. The lowest BCUT2D eigenvalue weighted by atomic mass is 9.81. The molecule has 2 heterocycles. The van der Waals surface area contributed by atoms with E-state index in [1.54, 1.807) is 0 Å². The first-order valence-electron chi connectivity index (χ1n) is 19.7. The fraction of sp³-hybridized carbons (Fsp3) is 0.111. The maximum absolute atomic E-state index is 6.63. The second-order valence-corrected chi connectivity index (χ2v) is 17.7. The highest BCUT2D eigenvalue weighted by molar-refractivity contribution is 14.1. The zero-order valence-electron chi connectivity index (χ0n) is 32.3. The second kappa shape index (κ2) is 12.5. The van der Waals surface area contributed by atoms with Gasteiger partial charge in [0.2, 0.25) is 0 Å². The Morgan fingerprint density at radius 2 is 0.842 bits per heavy atom. The molecular weight excluding hydrogens is 807 g/mol. The lowest BCUT2D eigenvalue weighted by Gasteiger charge is -2.22. The van der Waals surface area contributed by atoms with Crippen LogP contribution in [0.3, 0.4) is 0 Å². The molecule has 2 nitrogen and oxygen atoms in total. The van der Waals surface area contributed by atoms with Crippen molar-refractivity contribution in [3.05, 3.63) is 190 Å². The third-order valence-electron chi connectivity index (χ3n) is 12.6. The highest BCUT2D eigenvalue weighted by atomic mass is 127. The normalized spacial score (nSPS) is 14.3. The molecule has 0 N–H and O–H groups in total. The molecule has 0 radical (unpaired) electrons. The third kappa shape index (κ3) is 4.94. The van der Waals surface area contributed by atoms with E-state index in [1.807, 2.05) is 6.07 Å². The smallest absolute Gasteiger partial charge is 0.148 e. The van der Waals surface area contributed by atoms with Crippen LogP contribution in [0.1, 0.15) is 49.9 Å². The Bertz CT molecular complexity index is 3230. The molecule has 57 heavy (non-hydrogen) atoms. The van der Waals surface area contributed by atoms with Crippen molar-refractivity contribution in [3.63, 3.8) is 0 Å². The summed E-state index contributed by atoms with van der Waals surface area (Å²) in [4.78, 5) is 0. The number of rotatable bonds is 2. The first-order valence-corrected chi connectivity index (χ1v) is 20.8. The second-order valence-electron chi connectivity index (χ2n) is 16.5. The van der Waals surface area contributed by atoms with E-state index >= 15 is 0 Å². The standard InChI is InChI=1S/C27H19IO.C27H20O/c1-27(2)20-13-7-6-11-17(20)24-21(27)15-19(16-9-4-3-5-10-16)23-18-12-8-14-22(28)25(18)29-26(23)24;1-27(2)21-14-8-6-12-18(21)25-22(27)16-20(17-10-4-3-5-11-17)24-19-13-7-9-15-23(19)28-26(24)25/h3-15H,1-2H3;3-16H,1-2H3. The predicted molar refractivity (Wildman–Crippen MR) is 246 cm³/mol. The van der Waals surface area contributed by atoms with E-state index in [1.165, 1.54) is 88.3 Å². The van der Waals surface area contributed by atoms with Crippen LogP contribution in [0.4, 0.5) is 0 Å². The number of fused-ring (bicyclic) bond motifs is 14. The molecule has 0 saturated carbocycles. The Hall–Kier alpha value is -5.91. The third-order valence-corrected chi connectivity index (χ3v) is 13.5.